The Morgan fingerprint density at radius 2 is 2.25 bits per heavy atom. The van der Waals surface area contributed by atoms with E-state index in [0.717, 1.165) is 30.9 Å². The SMILES string of the molecule is CC(=O)SCC(C)C(=O)N1CCC[C@H]1C=O. The number of thioether (sulfide) groups is 1. The maximum absolute atomic E-state index is 12.0. The Morgan fingerprint density at radius 3 is 2.81 bits per heavy atom. The van der Waals surface area contributed by atoms with Gasteiger partial charge in [0.25, 0.3) is 0 Å². The van der Waals surface area contributed by atoms with Crippen molar-refractivity contribution < 1.29 is 14.4 Å². The molecule has 1 saturated heterocycles. The molecule has 0 aromatic carbocycles. The number of nitrogens with zero attached hydrogens (tertiary/aromatic N) is 1. The summed E-state index contributed by atoms with van der Waals surface area (Å²) in [6.07, 6.45) is 2.50. The highest BCUT2D eigenvalue weighted by molar-refractivity contribution is 8.13. The zero-order valence-electron chi connectivity index (χ0n) is 9.64. The molecule has 1 heterocycles. The minimum Gasteiger partial charge on any atom is -0.333 e. The third kappa shape index (κ3) is 3.33. The largest absolute Gasteiger partial charge is 0.333 e. The van der Waals surface area contributed by atoms with E-state index < -0.39 is 0 Å². The molecule has 0 aromatic rings. The van der Waals surface area contributed by atoms with Crippen LogP contribution in [0.2, 0.25) is 0 Å². The van der Waals surface area contributed by atoms with Crippen molar-refractivity contribution in [1.29, 1.82) is 0 Å². The van der Waals surface area contributed by atoms with Gasteiger partial charge in [0.2, 0.25) is 5.91 Å². The smallest absolute Gasteiger partial charge is 0.226 e. The Labute approximate surface area is 99.8 Å². The van der Waals surface area contributed by atoms with Gasteiger partial charge in [-0.1, -0.05) is 18.7 Å². The number of rotatable bonds is 4. The van der Waals surface area contributed by atoms with Gasteiger partial charge in [0.05, 0.1) is 6.04 Å². The summed E-state index contributed by atoms with van der Waals surface area (Å²) in [5, 5.41) is 0.0213. The van der Waals surface area contributed by atoms with Crippen molar-refractivity contribution in [3.8, 4) is 0 Å². The average molecular weight is 243 g/mol. The molecule has 2 atom stereocenters. The van der Waals surface area contributed by atoms with Gasteiger partial charge in [0, 0.05) is 25.1 Å². The van der Waals surface area contributed by atoms with Crippen molar-refractivity contribution in [2.75, 3.05) is 12.3 Å². The lowest BCUT2D eigenvalue weighted by atomic mass is 10.1. The number of hydrogen-bond donors (Lipinski definition) is 0. The Kier molecular flexibility index (Phi) is 4.99. The topological polar surface area (TPSA) is 54.5 Å². The van der Waals surface area contributed by atoms with E-state index in [9.17, 15) is 14.4 Å². The number of amides is 1. The second kappa shape index (κ2) is 6.03. The molecule has 0 N–H and O–H groups in total. The van der Waals surface area contributed by atoms with Crippen molar-refractivity contribution in [2.24, 2.45) is 5.92 Å². The molecule has 0 radical (unpaired) electrons. The summed E-state index contributed by atoms with van der Waals surface area (Å²) in [6.45, 7) is 3.96. The monoisotopic (exact) mass is 243 g/mol. The van der Waals surface area contributed by atoms with Crippen LogP contribution in [0.1, 0.15) is 26.7 Å². The van der Waals surface area contributed by atoms with Gasteiger partial charge in [-0.2, -0.15) is 0 Å². The van der Waals surface area contributed by atoms with E-state index in [4.69, 9.17) is 0 Å². The van der Waals surface area contributed by atoms with Crippen molar-refractivity contribution in [2.45, 2.75) is 32.7 Å². The maximum atomic E-state index is 12.0. The number of carbonyl (C=O) groups excluding carboxylic acids is 3. The van der Waals surface area contributed by atoms with E-state index >= 15 is 0 Å². The molecule has 0 aromatic heterocycles. The normalized spacial score (nSPS) is 21.9. The molecular formula is C11H17NO3S. The molecule has 1 aliphatic rings. The summed E-state index contributed by atoms with van der Waals surface area (Å²) in [5.74, 6) is 0.286. The molecule has 1 aliphatic heterocycles. The van der Waals surface area contributed by atoms with Crippen molar-refractivity contribution >= 4 is 29.1 Å². The van der Waals surface area contributed by atoms with E-state index in [2.05, 4.69) is 0 Å². The fourth-order valence-corrected chi connectivity index (χ4v) is 2.43. The summed E-state index contributed by atoms with van der Waals surface area (Å²) >= 11 is 1.16. The second-order valence-electron chi connectivity index (χ2n) is 4.08. The molecule has 1 amide bonds. The summed E-state index contributed by atoms with van der Waals surface area (Å²) in [5.41, 5.74) is 0. The molecule has 0 spiro atoms. The van der Waals surface area contributed by atoms with Crippen LogP contribution in [0.5, 0.6) is 0 Å². The van der Waals surface area contributed by atoms with E-state index in [1.165, 1.54) is 6.92 Å². The van der Waals surface area contributed by atoms with Crippen LogP contribution in [0.3, 0.4) is 0 Å². The third-order valence-electron chi connectivity index (χ3n) is 2.70. The van der Waals surface area contributed by atoms with Crippen molar-refractivity contribution in [1.82, 2.24) is 4.90 Å². The lowest BCUT2D eigenvalue weighted by Gasteiger charge is -2.23. The first-order chi connectivity index (χ1) is 7.56. The first-order valence-corrected chi connectivity index (χ1v) is 6.44. The molecule has 0 bridgehead atoms. The highest BCUT2D eigenvalue weighted by Gasteiger charge is 2.30. The van der Waals surface area contributed by atoms with E-state index in [1.54, 1.807) is 11.8 Å². The highest BCUT2D eigenvalue weighted by atomic mass is 32.2. The van der Waals surface area contributed by atoms with E-state index in [1.807, 2.05) is 0 Å². The lowest BCUT2D eigenvalue weighted by molar-refractivity contribution is -0.137. The van der Waals surface area contributed by atoms with Crippen LogP contribution in [-0.2, 0) is 14.4 Å². The zero-order chi connectivity index (χ0) is 12.1. The summed E-state index contributed by atoms with van der Waals surface area (Å²) in [7, 11) is 0. The Bertz CT molecular complexity index is 293. The predicted molar refractivity (Wildman–Crippen MR) is 63.1 cm³/mol. The Hall–Kier alpha value is -0.840. The zero-order valence-corrected chi connectivity index (χ0v) is 10.5. The van der Waals surface area contributed by atoms with Gasteiger partial charge < -0.3 is 9.69 Å². The fraction of sp³-hybridized carbons (Fsp3) is 0.727. The Balaban J connectivity index is 2.49. The van der Waals surface area contributed by atoms with Crippen LogP contribution in [0.25, 0.3) is 0 Å². The van der Waals surface area contributed by atoms with Gasteiger partial charge in [-0.3, -0.25) is 9.59 Å². The average Bonchev–Trinajstić information content (AvgIpc) is 2.72. The fourth-order valence-electron chi connectivity index (χ4n) is 1.80. The molecule has 0 aliphatic carbocycles. The van der Waals surface area contributed by atoms with Gasteiger partial charge in [-0.15, -0.1) is 0 Å². The number of likely N-dealkylation sites (tertiary alicyclic amines) is 1. The number of aldehydes is 1. The molecule has 16 heavy (non-hydrogen) atoms. The second-order valence-corrected chi connectivity index (χ2v) is 5.28. The van der Waals surface area contributed by atoms with Crippen LogP contribution in [0.4, 0.5) is 0 Å². The summed E-state index contributed by atoms with van der Waals surface area (Å²) < 4.78 is 0. The van der Waals surface area contributed by atoms with Crippen LogP contribution >= 0.6 is 11.8 Å². The molecule has 90 valence electrons. The van der Waals surface area contributed by atoms with Crippen molar-refractivity contribution in [3.05, 3.63) is 0 Å². The van der Waals surface area contributed by atoms with Gasteiger partial charge in [-0.25, -0.2) is 0 Å². The molecular weight excluding hydrogens is 226 g/mol. The first-order valence-electron chi connectivity index (χ1n) is 5.45. The Morgan fingerprint density at radius 1 is 1.56 bits per heavy atom. The van der Waals surface area contributed by atoms with Crippen LogP contribution in [0.15, 0.2) is 0 Å². The molecule has 1 unspecified atom stereocenters. The minimum atomic E-state index is -0.253. The van der Waals surface area contributed by atoms with Crippen molar-refractivity contribution in [3.63, 3.8) is 0 Å². The summed E-state index contributed by atoms with van der Waals surface area (Å²) in [4.78, 5) is 35.2. The number of hydrogen-bond acceptors (Lipinski definition) is 4. The third-order valence-corrected chi connectivity index (χ3v) is 3.77. The first kappa shape index (κ1) is 13.2. The van der Waals surface area contributed by atoms with Crippen LogP contribution in [0, 0.1) is 5.92 Å². The summed E-state index contributed by atoms with van der Waals surface area (Å²) in [6, 6.07) is -0.253. The maximum Gasteiger partial charge on any atom is 0.226 e. The van der Waals surface area contributed by atoms with Gasteiger partial charge in [0.1, 0.15) is 6.29 Å². The molecule has 5 heteroatoms. The molecule has 0 saturated carbocycles. The molecule has 1 rings (SSSR count). The van der Waals surface area contributed by atoms with Gasteiger partial charge in [-0.05, 0) is 12.8 Å². The lowest BCUT2D eigenvalue weighted by Crippen LogP contribution is -2.40. The van der Waals surface area contributed by atoms with Crippen LogP contribution in [-0.4, -0.2) is 40.5 Å². The van der Waals surface area contributed by atoms with Gasteiger partial charge >= 0.3 is 0 Å². The predicted octanol–water partition coefficient (Wildman–Crippen LogP) is 1.09. The standard InChI is InChI=1S/C11H17NO3S/c1-8(7-16-9(2)14)11(15)12-5-3-4-10(12)6-13/h6,8,10H,3-5,7H2,1-2H3/t8?,10-/m0/s1. The van der Waals surface area contributed by atoms with Gasteiger partial charge in [0.15, 0.2) is 5.12 Å². The minimum absolute atomic E-state index is 0.0108. The molecule has 1 fully saturated rings. The highest BCUT2D eigenvalue weighted by Crippen LogP contribution is 2.20. The van der Waals surface area contributed by atoms with E-state index in [0.29, 0.717) is 12.3 Å². The number of carbonyl (C=O) groups is 3. The molecule has 4 nitrogen and oxygen atoms in total. The van der Waals surface area contributed by atoms with Crippen LogP contribution < -0.4 is 0 Å². The van der Waals surface area contributed by atoms with E-state index in [-0.39, 0.29) is 23.0 Å². The quantitative estimate of drug-likeness (QED) is 0.694.